The molecule has 1 saturated heterocycles. The van der Waals surface area contributed by atoms with Gasteiger partial charge in [0.25, 0.3) is 0 Å². The first kappa shape index (κ1) is 12.0. The third kappa shape index (κ3) is 2.63. The molecule has 1 aliphatic rings. The van der Waals surface area contributed by atoms with E-state index >= 15 is 0 Å². The van der Waals surface area contributed by atoms with Crippen molar-refractivity contribution in [1.29, 1.82) is 0 Å². The van der Waals surface area contributed by atoms with Crippen LogP contribution in [0, 0.1) is 5.41 Å². The summed E-state index contributed by atoms with van der Waals surface area (Å²) in [6.45, 7) is 4.27. The fourth-order valence-corrected chi connectivity index (χ4v) is 2.29. The number of aromatic amines is 1. The lowest BCUT2D eigenvalue weighted by Crippen LogP contribution is -2.50. The van der Waals surface area contributed by atoms with Crippen molar-refractivity contribution in [3.8, 4) is 0 Å². The van der Waals surface area contributed by atoms with E-state index in [1.165, 1.54) is 6.33 Å². The molecule has 1 aliphatic heterocycles. The van der Waals surface area contributed by atoms with Crippen LogP contribution in [0.5, 0.6) is 0 Å². The van der Waals surface area contributed by atoms with Gasteiger partial charge in [0.05, 0.1) is 12.0 Å². The van der Waals surface area contributed by atoms with E-state index in [2.05, 4.69) is 32.7 Å². The van der Waals surface area contributed by atoms with Gasteiger partial charge < -0.3 is 10.6 Å². The second kappa shape index (κ2) is 5.27. The number of carbonyl (C=O) groups is 1. The molecule has 6 nitrogen and oxygen atoms in total. The fraction of sp³-hybridized carbons (Fsp3) is 0.727. The number of piperidine rings is 1. The van der Waals surface area contributed by atoms with Crippen LogP contribution in [-0.4, -0.2) is 34.2 Å². The highest BCUT2D eigenvalue weighted by molar-refractivity contribution is 5.82. The van der Waals surface area contributed by atoms with Gasteiger partial charge in [-0.3, -0.25) is 9.89 Å². The van der Waals surface area contributed by atoms with Gasteiger partial charge in [-0.1, -0.05) is 6.92 Å². The van der Waals surface area contributed by atoms with E-state index in [0.29, 0.717) is 12.4 Å². The Morgan fingerprint density at radius 3 is 3.12 bits per heavy atom. The zero-order valence-electron chi connectivity index (χ0n) is 10.1. The van der Waals surface area contributed by atoms with Gasteiger partial charge in [-0.25, -0.2) is 4.98 Å². The first-order chi connectivity index (χ1) is 8.27. The minimum Gasteiger partial charge on any atom is -0.348 e. The summed E-state index contributed by atoms with van der Waals surface area (Å²) >= 11 is 0. The summed E-state index contributed by atoms with van der Waals surface area (Å²) in [6, 6.07) is 0. The summed E-state index contributed by atoms with van der Waals surface area (Å²) in [7, 11) is 0. The second-order valence-corrected chi connectivity index (χ2v) is 4.53. The average Bonchev–Trinajstić information content (AvgIpc) is 2.90. The summed E-state index contributed by atoms with van der Waals surface area (Å²) in [6.07, 6.45) is 4.32. The van der Waals surface area contributed by atoms with E-state index in [-0.39, 0.29) is 11.3 Å². The van der Waals surface area contributed by atoms with Gasteiger partial charge in [0.15, 0.2) is 0 Å². The molecule has 1 amide bonds. The number of hydrogen-bond donors (Lipinski definition) is 3. The van der Waals surface area contributed by atoms with Crippen LogP contribution in [0.3, 0.4) is 0 Å². The predicted octanol–water partition coefficient (Wildman–Crippen LogP) is 0.201. The zero-order valence-corrected chi connectivity index (χ0v) is 10.1. The van der Waals surface area contributed by atoms with E-state index in [0.717, 1.165) is 32.4 Å². The molecule has 0 radical (unpaired) electrons. The quantitative estimate of drug-likeness (QED) is 0.698. The molecule has 17 heavy (non-hydrogen) atoms. The first-order valence-corrected chi connectivity index (χ1v) is 6.10. The van der Waals surface area contributed by atoms with Crippen LogP contribution in [0.15, 0.2) is 6.33 Å². The van der Waals surface area contributed by atoms with Crippen LogP contribution < -0.4 is 10.6 Å². The van der Waals surface area contributed by atoms with E-state index in [1.54, 1.807) is 0 Å². The standard InChI is InChI=1S/C11H19N5O/c1-2-11(4-3-5-12-7-11)10(17)13-6-9-14-8-15-16-9/h8,12H,2-7H2,1H3,(H,13,17)(H,14,15,16). The molecular weight excluding hydrogens is 218 g/mol. The molecule has 0 spiro atoms. The highest BCUT2D eigenvalue weighted by atomic mass is 16.2. The molecule has 94 valence electrons. The normalized spacial score (nSPS) is 24.5. The molecule has 1 fully saturated rings. The molecule has 0 aromatic carbocycles. The van der Waals surface area contributed by atoms with Crippen LogP contribution in [0.4, 0.5) is 0 Å². The molecule has 0 aliphatic carbocycles. The van der Waals surface area contributed by atoms with Crippen LogP contribution in [0.2, 0.25) is 0 Å². The maximum atomic E-state index is 12.2. The summed E-state index contributed by atoms with van der Waals surface area (Å²) < 4.78 is 0. The SMILES string of the molecule is CCC1(C(=O)NCc2ncn[nH]2)CCCNC1. The third-order valence-electron chi connectivity index (χ3n) is 3.51. The number of aromatic nitrogens is 3. The molecule has 6 heteroatoms. The Balaban J connectivity index is 1.93. The van der Waals surface area contributed by atoms with E-state index in [9.17, 15) is 4.79 Å². The number of nitrogens with zero attached hydrogens (tertiary/aromatic N) is 2. The Bertz CT molecular complexity index is 356. The highest BCUT2D eigenvalue weighted by Crippen LogP contribution is 2.30. The number of hydrogen-bond acceptors (Lipinski definition) is 4. The molecule has 0 bridgehead atoms. The molecule has 0 saturated carbocycles. The maximum Gasteiger partial charge on any atom is 0.227 e. The Morgan fingerprint density at radius 1 is 1.65 bits per heavy atom. The van der Waals surface area contributed by atoms with Crippen molar-refractivity contribution in [3.63, 3.8) is 0 Å². The lowest BCUT2D eigenvalue weighted by molar-refractivity contribution is -0.132. The molecule has 1 aromatic heterocycles. The zero-order chi connectivity index (χ0) is 12.1. The van der Waals surface area contributed by atoms with Gasteiger partial charge >= 0.3 is 0 Å². The Morgan fingerprint density at radius 2 is 2.53 bits per heavy atom. The number of amides is 1. The lowest BCUT2D eigenvalue weighted by Gasteiger charge is -2.35. The largest absolute Gasteiger partial charge is 0.348 e. The van der Waals surface area contributed by atoms with E-state index in [4.69, 9.17) is 0 Å². The predicted molar refractivity (Wildman–Crippen MR) is 63.1 cm³/mol. The van der Waals surface area contributed by atoms with Gasteiger partial charge in [0.2, 0.25) is 5.91 Å². The highest BCUT2D eigenvalue weighted by Gasteiger charge is 2.37. The van der Waals surface area contributed by atoms with Crippen molar-refractivity contribution in [2.45, 2.75) is 32.7 Å². The molecule has 3 N–H and O–H groups in total. The van der Waals surface area contributed by atoms with Crippen molar-refractivity contribution >= 4 is 5.91 Å². The smallest absolute Gasteiger partial charge is 0.227 e. The average molecular weight is 237 g/mol. The lowest BCUT2D eigenvalue weighted by atomic mass is 9.77. The molecule has 2 rings (SSSR count). The summed E-state index contributed by atoms with van der Waals surface area (Å²) in [5, 5.41) is 12.7. The summed E-state index contributed by atoms with van der Waals surface area (Å²) in [5.41, 5.74) is -0.252. The van der Waals surface area contributed by atoms with Crippen molar-refractivity contribution in [2.75, 3.05) is 13.1 Å². The van der Waals surface area contributed by atoms with Crippen molar-refractivity contribution < 1.29 is 4.79 Å². The molecule has 1 aromatic rings. The van der Waals surface area contributed by atoms with Gasteiger partial charge in [0.1, 0.15) is 12.2 Å². The van der Waals surface area contributed by atoms with Crippen LogP contribution >= 0.6 is 0 Å². The number of rotatable bonds is 4. The fourth-order valence-electron chi connectivity index (χ4n) is 2.29. The van der Waals surface area contributed by atoms with Crippen molar-refractivity contribution in [1.82, 2.24) is 25.8 Å². The van der Waals surface area contributed by atoms with Gasteiger partial charge in [-0.05, 0) is 25.8 Å². The summed E-state index contributed by atoms with van der Waals surface area (Å²) in [4.78, 5) is 16.2. The third-order valence-corrected chi connectivity index (χ3v) is 3.51. The van der Waals surface area contributed by atoms with Crippen LogP contribution in [-0.2, 0) is 11.3 Å². The van der Waals surface area contributed by atoms with E-state index in [1.807, 2.05) is 0 Å². The second-order valence-electron chi connectivity index (χ2n) is 4.53. The minimum absolute atomic E-state index is 0.114. The Hall–Kier alpha value is -1.43. The number of carbonyl (C=O) groups excluding carboxylic acids is 1. The van der Waals surface area contributed by atoms with Crippen molar-refractivity contribution in [3.05, 3.63) is 12.2 Å². The maximum absolute atomic E-state index is 12.2. The number of nitrogens with one attached hydrogen (secondary N) is 3. The van der Waals surface area contributed by atoms with Gasteiger partial charge in [-0.2, -0.15) is 5.10 Å². The van der Waals surface area contributed by atoms with Gasteiger partial charge in [-0.15, -0.1) is 0 Å². The van der Waals surface area contributed by atoms with Crippen LogP contribution in [0.25, 0.3) is 0 Å². The molecule has 2 heterocycles. The van der Waals surface area contributed by atoms with Crippen molar-refractivity contribution in [2.24, 2.45) is 5.41 Å². The minimum atomic E-state index is -0.252. The Labute approximate surface area is 101 Å². The molecule has 1 unspecified atom stereocenters. The summed E-state index contributed by atoms with van der Waals surface area (Å²) in [5.74, 6) is 0.803. The van der Waals surface area contributed by atoms with Crippen LogP contribution in [0.1, 0.15) is 32.0 Å². The molecular formula is C11H19N5O. The monoisotopic (exact) mass is 237 g/mol. The van der Waals surface area contributed by atoms with Gasteiger partial charge in [0, 0.05) is 6.54 Å². The number of H-pyrrole nitrogens is 1. The molecule has 1 atom stereocenters. The topological polar surface area (TPSA) is 82.7 Å². The Kier molecular flexibility index (Phi) is 3.73. The van der Waals surface area contributed by atoms with E-state index < -0.39 is 0 Å². The first-order valence-electron chi connectivity index (χ1n) is 6.10.